The van der Waals surface area contributed by atoms with E-state index in [1.165, 1.54) is 50.7 Å². The highest BCUT2D eigenvalue weighted by Gasteiger charge is 2.17. The van der Waals surface area contributed by atoms with Crippen molar-refractivity contribution in [2.24, 2.45) is 10.9 Å². The standard InChI is InChI=1S/C12H19N/c1-2-4-8-11(7-3-1)12-9-5-6-10-13-12/h1-2,11H,3-10H2. The van der Waals surface area contributed by atoms with Gasteiger partial charge in [-0.05, 0) is 50.9 Å². The maximum absolute atomic E-state index is 4.68. The lowest BCUT2D eigenvalue weighted by Gasteiger charge is -2.20. The normalized spacial score (nSPS) is 25.4. The molecule has 0 aromatic heterocycles. The maximum atomic E-state index is 4.68. The lowest BCUT2D eigenvalue weighted by atomic mass is 9.90. The predicted molar refractivity (Wildman–Crippen MR) is 57.3 cm³/mol. The number of hydrogen-bond donors (Lipinski definition) is 0. The molecule has 13 heavy (non-hydrogen) atoms. The highest BCUT2D eigenvalue weighted by molar-refractivity contribution is 5.87. The van der Waals surface area contributed by atoms with Gasteiger partial charge in [-0.1, -0.05) is 12.2 Å². The van der Waals surface area contributed by atoms with Crippen LogP contribution in [-0.2, 0) is 0 Å². The summed E-state index contributed by atoms with van der Waals surface area (Å²) in [5, 5.41) is 0. The van der Waals surface area contributed by atoms with Crippen molar-refractivity contribution in [1.82, 2.24) is 0 Å². The summed E-state index contributed by atoms with van der Waals surface area (Å²) in [7, 11) is 0. The van der Waals surface area contributed by atoms with Crippen molar-refractivity contribution >= 4 is 5.71 Å². The zero-order valence-corrected chi connectivity index (χ0v) is 8.34. The van der Waals surface area contributed by atoms with Crippen molar-refractivity contribution in [2.75, 3.05) is 6.54 Å². The van der Waals surface area contributed by atoms with Gasteiger partial charge in [0, 0.05) is 12.3 Å². The third kappa shape index (κ3) is 2.43. The molecule has 1 aliphatic heterocycles. The number of allylic oxidation sites excluding steroid dienone is 2. The molecule has 0 unspecified atom stereocenters. The molecule has 0 radical (unpaired) electrons. The Labute approximate surface area is 80.9 Å². The molecule has 2 aliphatic rings. The van der Waals surface area contributed by atoms with Gasteiger partial charge < -0.3 is 0 Å². The Morgan fingerprint density at radius 3 is 2.46 bits per heavy atom. The number of nitrogens with zero attached hydrogens (tertiary/aromatic N) is 1. The first kappa shape index (κ1) is 8.98. The minimum atomic E-state index is 0.815. The zero-order chi connectivity index (χ0) is 8.93. The van der Waals surface area contributed by atoms with E-state index >= 15 is 0 Å². The number of rotatable bonds is 1. The number of aliphatic imine (C=N–C) groups is 1. The second-order valence-electron chi connectivity index (χ2n) is 4.15. The van der Waals surface area contributed by atoms with E-state index in [1.807, 2.05) is 0 Å². The molecule has 72 valence electrons. The summed E-state index contributed by atoms with van der Waals surface area (Å²) in [6.45, 7) is 1.10. The molecule has 0 atom stereocenters. The minimum absolute atomic E-state index is 0.815. The van der Waals surface area contributed by atoms with E-state index in [-0.39, 0.29) is 0 Å². The van der Waals surface area contributed by atoms with Gasteiger partial charge in [0.15, 0.2) is 0 Å². The fraction of sp³-hybridized carbons (Fsp3) is 0.750. The summed E-state index contributed by atoms with van der Waals surface area (Å²) in [6.07, 6.45) is 13.9. The van der Waals surface area contributed by atoms with Crippen LogP contribution in [0.3, 0.4) is 0 Å². The van der Waals surface area contributed by atoms with E-state index in [0.717, 1.165) is 12.5 Å². The van der Waals surface area contributed by atoms with Gasteiger partial charge in [-0.2, -0.15) is 0 Å². The Morgan fingerprint density at radius 1 is 1.08 bits per heavy atom. The second kappa shape index (κ2) is 4.59. The van der Waals surface area contributed by atoms with Crippen molar-refractivity contribution in [1.29, 1.82) is 0 Å². The average Bonchev–Trinajstić information content (AvgIpc) is 2.47. The summed E-state index contributed by atoms with van der Waals surface area (Å²) in [4.78, 5) is 4.68. The van der Waals surface area contributed by atoms with Crippen molar-refractivity contribution < 1.29 is 0 Å². The van der Waals surface area contributed by atoms with Crippen molar-refractivity contribution in [3.63, 3.8) is 0 Å². The minimum Gasteiger partial charge on any atom is -0.294 e. The first-order valence-corrected chi connectivity index (χ1v) is 5.65. The van der Waals surface area contributed by atoms with E-state index < -0.39 is 0 Å². The number of hydrogen-bond acceptors (Lipinski definition) is 1. The molecule has 1 nitrogen and oxygen atoms in total. The summed E-state index contributed by atoms with van der Waals surface area (Å²) in [5.41, 5.74) is 1.54. The molecule has 2 rings (SSSR count). The van der Waals surface area contributed by atoms with Gasteiger partial charge in [0.1, 0.15) is 0 Å². The van der Waals surface area contributed by atoms with Gasteiger partial charge in [-0.15, -0.1) is 0 Å². The van der Waals surface area contributed by atoms with Crippen LogP contribution in [-0.4, -0.2) is 12.3 Å². The predicted octanol–water partition coefficient (Wildman–Crippen LogP) is 3.36. The summed E-state index contributed by atoms with van der Waals surface area (Å²) in [5.74, 6) is 0.815. The largest absolute Gasteiger partial charge is 0.294 e. The van der Waals surface area contributed by atoms with Crippen molar-refractivity contribution in [3.05, 3.63) is 12.2 Å². The van der Waals surface area contributed by atoms with E-state index in [9.17, 15) is 0 Å². The van der Waals surface area contributed by atoms with E-state index in [1.54, 1.807) is 0 Å². The fourth-order valence-electron chi connectivity index (χ4n) is 2.36. The van der Waals surface area contributed by atoms with E-state index in [2.05, 4.69) is 17.1 Å². The lowest BCUT2D eigenvalue weighted by Crippen LogP contribution is -2.17. The Morgan fingerprint density at radius 2 is 1.85 bits per heavy atom. The fourth-order valence-corrected chi connectivity index (χ4v) is 2.36. The van der Waals surface area contributed by atoms with Crippen LogP contribution < -0.4 is 0 Å². The molecule has 0 saturated heterocycles. The third-order valence-electron chi connectivity index (χ3n) is 3.16. The topological polar surface area (TPSA) is 12.4 Å². The molecular formula is C12H19N. The lowest BCUT2D eigenvalue weighted by molar-refractivity contribution is 0.572. The van der Waals surface area contributed by atoms with Crippen LogP contribution in [0.4, 0.5) is 0 Å². The monoisotopic (exact) mass is 177 g/mol. The van der Waals surface area contributed by atoms with Crippen molar-refractivity contribution in [2.45, 2.75) is 44.9 Å². The van der Waals surface area contributed by atoms with Crippen LogP contribution in [0.5, 0.6) is 0 Å². The molecule has 0 saturated carbocycles. The van der Waals surface area contributed by atoms with Crippen molar-refractivity contribution in [3.8, 4) is 0 Å². The molecule has 0 amide bonds. The first-order chi connectivity index (χ1) is 6.47. The smallest absolute Gasteiger partial charge is 0.0388 e. The Hall–Kier alpha value is -0.590. The molecule has 0 N–H and O–H groups in total. The van der Waals surface area contributed by atoms with Gasteiger partial charge in [-0.3, -0.25) is 4.99 Å². The van der Waals surface area contributed by atoms with Gasteiger partial charge in [-0.25, -0.2) is 0 Å². The van der Waals surface area contributed by atoms with Crippen LogP contribution >= 0.6 is 0 Å². The Bertz CT molecular complexity index is 205. The quantitative estimate of drug-likeness (QED) is 0.545. The van der Waals surface area contributed by atoms with Gasteiger partial charge >= 0.3 is 0 Å². The van der Waals surface area contributed by atoms with Crippen LogP contribution in [0.25, 0.3) is 0 Å². The molecule has 0 fully saturated rings. The second-order valence-corrected chi connectivity index (χ2v) is 4.15. The first-order valence-electron chi connectivity index (χ1n) is 5.65. The molecule has 0 aromatic rings. The van der Waals surface area contributed by atoms with Crippen LogP contribution in [0.2, 0.25) is 0 Å². The van der Waals surface area contributed by atoms with Crippen LogP contribution in [0.1, 0.15) is 44.9 Å². The average molecular weight is 177 g/mol. The molecule has 0 spiro atoms. The Balaban J connectivity index is 1.94. The van der Waals surface area contributed by atoms with E-state index in [4.69, 9.17) is 0 Å². The van der Waals surface area contributed by atoms with Crippen LogP contribution in [0.15, 0.2) is 17.1 Å². The molecule has 0 aromatic carbocycles. The molecule has 1 heteroatoms. The molecule has 0 bridgehead atoms. The summed E-state index contributed by atoms with van der Waals surface area (Å²) in [6, 6.07) is 0. The van der Waals surface area contributed by atoms with Gasteiger partial charge in [0.05, 0.1) is 0 Å². The molecular weight excluding hydrogens is 158 g/mol. The molecule has 1 heterocycles. The third-order valence-corrected chi connectivity index (χ3v) is 3.16. The SMILES string of the molecule is C1=CCCC(C2=NCCCC2)CC1. The summed E-state index contributed by atoms with van der Waals surface area (Å²) >= 11 is 0. The van der Waals surface area contributed by atoms with Gasteiger partial charge in [0.25, 0.3) is 0 Å². The maximum Gasteiger partial charge on any atom is 0.0388 e. The highest BCUT2D eigenvalue weighted by atomic mass is 14.8. The Kier molecular flexibility index (Phi) is 3.17. The van der Waals surface area contributed by atoms with E-state index in [0.29, 0.717) is 0 Å². The van der Waals surface area contributed by atoms with Gasteiger partial charge in [0.2, 0.25) is 0 Å². The molecule has 1 aliphatic carbocycles. The summed E-state index contributed by atoms with van der Waals surface area (Å²) < 4.78 is 0. The highest BCUT2D eigenvalue weighted by Crippen LogP contribution is 2.24. The zero-order valence-electron chi connectivity index (χ0n) is 8.34. The van der Waals surface area contributed by atoms with Crippen LogP contribution in [0, 0.1) is 5.92 Å².